The lowest BCUT2D eigenvalue weighted by atomic mass is 10.1. The van der Waals surface area contributed by atoms with Crippen LogP contribution in [0.25, 0.3) is 11.1 Å². The Labute approximate surface area is 141 Å². The van der Waals surface area contributed by atoms with Gasteiger partial charge in [-0.3, -0.25) is 4.72 Å². The lowest BCUT2D eigenvalue weighted by Gasteiger charge is -2.13. The molecule has 128 valence electrons. The average molecular weight is 366 g/mol. The quantitative estimate of drug-likeness (QED) is 0.804. The Morgan fingerprint density at radius 2 is 1.50 bits per heavy atom. The second-order valence-corrected chi connectivity index (χ2v) is 10.1. The van der Waals surface area contributed by atoms with Gasteiger partial charge in [0.1, 0.15) is 0 Å². The van der Waals surface area contributed by atoms with E-state index in [0.29, 0.717) is 11.4 Å². The number of nitrogen functional groups attached to an aromatic ring is 1. The lowest BCUT2D eigenvalue weighted by Crippen LogP contribution is -2.28. The van der Waals surface area contributed by atoms with Crippen molar-refractivity contribution in [2.45, 2.75) is 11.7 Å². The van der Waals surface area contributed by atoms with Crippen molar-refractivity contribution in [2.24, 2.45) is 0 Å². The number of sulfone groups is 1. The predicted octanol–water partition coefficient (Wildman–Crippen LogP) is 1.86. The van der Waals surface area contributed by atoms with Crippen LogP contribution in [-0.4, -0.2) is 33.6 Å². The van der Waals surface area contributed by atoms with E-state index in [0.717, 1.165) is 11.1 Å². The highest BCUT2D eigenvalue weighted by Crippen LogP contribution is 2.25. The molecular weight excluding hydrogens is 348 g/mol. The van der Waals surface area contributed by atoms with E-state index in [9.17, 15) is 16.8 Å². The van der Waals surface area contributed by atoms with E-state index in [2.05, 4.69) is 4.72 Å². The number of hydrogen-bond acceptors (Lipinski definition) is 5. The van der Waals surface area contributed by atoms with Crippen LogP contribution in [0.3, 0.4) is 0 Å². The van der Waals surface area contributed by atoms with E-state index in [1.807, 2.05) is 12.1 Å². The molecule has 0 spiro atoms. The Morgan fingerprint density at radius 1 is 0.958 bits per heavy atom. The zero-order valence-corrected chi connectivity index (χ0v) is 14.5. The predicted molar refractivity (Wildman–Crippen MR) is 95.9 cm³/mol. The van der Waals surface area contributed by atoms with Crippen molar-refractivity contribution in [3.63, 3.8) is 0 Å². The summed E-state index contributed by atoms with van der Waals surface area (Å²) in [6, 6.07) is 14.3. The van der Waals surface area contributed by atoms with Gasteiger partial charge in [0.05, 0.1) is 16.8 Å². The van der Waals surface area contributed by atoms with Gasteiger partial charge in [0.2, 0.25) is 10.0 Å². The first-order chi connectivity index (χ1) is 11.3. The molecule has 1 aliphatic heterocycles. The Morgan fingerprint density at radius 3 is 2.00 bits per heavy atom. The maximum Gasteiger partial charge on any atom is 0.236 e. The van der Waals surface area contributed by atoms with Crippen molar-refractivity contribution >= 4 is 31.2 Å². The molecule has 0 saturated carbocycles. The zero-order valence-electron chi connectivity index (χ0n) is 12.8. The molecule has 2 aromatic rings. The van der Waals surface area contributed by atoms with Crippen LogP contribution < -0.4 is 10.5 Å². The van der Waals surface area contributed by atoms with E-state index in [1.54, 1.807) is 36.4 Å². The fourth-order valence-corrected chi connectivity index (χ4v) is 6.75. The van der Waals surface area contributed by atoms with Crippen molar-refractivity contribution < 1.29 is 16.8 Å². The summed E-state index contributed by atoms with van der Waals surface area (Å²) in [5, 5.41) is -0.890. The Kier molecular flexibility index (Phi) is 4.27. The van der Waals surface area contributed by atoms with Crippen molar-refractivity contribution in [1.82, 2.24) is 0 Å². The maximum atomic E-state index is 12.3. The van der Waals surface area contributed by atoms with Crippen molar-refractivity contribution in [3.8, 4) is 11.1 Å². The third-order valence-corrected chi connectivity index (χ3v) is 7.80. The maximum absolute atomic E-state index is 12.3. The van der Waals surface area contributed by atoms with Crippen LogP contribution in [0.15, 0.2) is 48.5 Å². The van der Waals surface area contributed by atoms with Gasteiger partial charge in [0.25, 0.3) is 0 Å². The molecule has 0 amide bonds. The molecule has 24 heavy (non-hydrogen) atoms. The molecule has 1 unspecified atom stereocenters. The molecule has 0 bridgehead atoms. The molecule has 0 aromatic heterocycles. The van der Waals surface area contributed by atoms with Crippen LogP contribution in [-0.2, 0) is 19.9 Å². The summed E-state index contributed by atoms with van der Waals surface area (Å²) in [4.78, 5) is 0. The van der Waals surface area contributed by atoms with Gasteiger partial charge < -0.3 is 5.73 Å². The number of sulfonamides is 1. The summed E-state index contributed by atoms with van der Waals surface area (Å²) in [5.41, 5.74) is 8.65. The standard InChI is InChI=1S/C16H18N2O4S2/c17-14-5-1-12(2-6-14)13-3-7-15(8-4-13)18-24(21,22)16-9-10-23(19,20)11-16/h1-8,16,18H,9-11,17H2. The molecule has 1 aliphatic rings. The molecular formula is C16H18N2O4S2. The first kappa shape index (κ1) is 16.8. The molecule has 1 heterocycles. The van der Waals surface area contributed by atoms with Crippen LogP contribution in [0, 0.1) is 0 Å². The molecule has 0 radical (unpaired) electrons. The molecule has 1 saturated heterocycles. The van der Waals surface area contributed by atoms with Gasteiger partial charge in [-0.05, 0) is 41.8 Å². The largest absolute Gasteiger partial charge is 0.399 e. The van der Waals surface area contributed by atoms with Crippen LogP contribution >= 0.6 is 0 Å². The fraction of sp³-hybridized carbons (Fsp3) is 0.250. The third-order valence-electron chi connectivity index (χ3n) is 4.02. The van der Waals surface area contributed by atoms with Gasteiger partial charge in [-0.25, -0.2) is 16.8 Å². The van der Waals surface area contributed by atoms with Gasteiger partial charge in [-0.15, -0.1) is 0 Å². The van der Waals surface area contributed by atoms with E-state index in [4.69, 9.17) is 5.73 Å². The Balaban J connectivity index is 1.75. The zero-order chi connectivity index (χ0) is 17.4. The molecule has 2 aromatic carbocycles. The topological polar surface area (TPSA) is 106 Å². The summed E-state index contributed by atoms with van der Waals surface area (Å²) in [6.07, 6.45) is 0.140. The first-order valence-corrected chi connectivity index (χ1v) is 10.8. The molecule has 1 atom stereocenters. The smallest absolute Gasteiger partial charge is 0.236 e. The first-order valence-electron chi connectivity index (χ1n) is 7.43. The summed E-state index contributed by atoms with van der Waals surface area (Å²) < 4.78 is 50.0. The number of benzene rings is 2. The van der Waals surface area contributed by atoms with Gasteiger partial charge >= 0.3 is 0 Å². The monoisotopic (exact) mass is 366 g/mol. The number of nitrogens with two attached hydrogens (primary N) is 1. The minimum Gasteiger partial charge on any atom is -0.399 e. The second-order valence-electron chi connectivity index (χ2n) is 5.87. The van der Waals surface area contributed by atoms with Crippen LogP contribution in [0.2, 0.25) is 0 Å². The van der Waals surface area contributed by atoms with E-state index in [-0.39, 0.29) is 17.9 Å². The minimum atomic E-state index is -3.71. The molecule has 8 heteroatoms. The Hall–Kier alpha value is -2.06. The minimum absolute atomic E-state index is 0.0747. The normalized spacial score (nSPS) is 19.9. The van der Waals surface area contributed by atoms with Crippen molar-refractivity contribution in [2.75, 3.05) is 22.0 Å². The highest BCUT2D eigenvalue weighted by atomic mass is 32.2. The van der Waals surface area contributed by atoms with E-state index >= 15 is 0 Å². The van der Waals surface area contributed by atoms with Gasteiger partial charge in [-0.1, -0.05) is 24.3 Å². The third kappa shape index (κ3) is 3.70. The van der Waals surface area contributed by atoms with Gasteiger partial charge in [-0.2, -0.15) is 0 Å². The summed E-state index contributed by atoms with van der Waals surface area (Å²) in [5.74, 6) is -0.388. The molecule has 1 fully saturated rings. The van der Waals surface area contributed by atoms with Gasteiger partial charge in [0, 0.05) is 11.4 Å². The van der Waals surface area contributed by atoms with Crippen molar-refractivity contribution in [1.29, 1.82) is 0 Å². The fourth-order valence-electron chi connectivity index (χ4n) is 2.66. The molecule has 0 aliphatic carbocycles. The SMILES string of the molecule is Nc1ccc(-c2ccc(NS(=O)(=O)C3CCS(=O)(=O)C3)cc2)cc1. The Bertz CT molecular complexity index is 935. The summed E-state index contributed by atoms with van der Waals surface area (Å²) in [7, 11) is -6.96. The summed E-state index contributed by atoms with van der Waals surface area (Å²) in [6.45, 7) is 0. The van der Waals surface area contributed by atoms with Crippen molar-refractivity contribution in [3.05, 3.63) is 48.5 Å². The van der Waals surface area contributed by atoms with Crippen LogP contribution in [0.1, 0.15) is 6.42 Å². The highest BCUT2D eigenvalue weighted by molar-refractivity contribution is 7.97. The second kappa shape index (κ2) is 6.10. The molecule has 3 N–H and O–H groups in total. The van der Waals surface area contributed by atoms with Crippen LogP contribution in [0.4, 0.5) is 11.4 Å². The number of hydrogen-bond donors (Lipinski definition) is 2. The summed E-state index contributed by atoms with van der Waals surface area (Å²) >= 11 is 0. The molecule has 3 rings (SSSR count). The van der Waals surface area contributed by atoms with E-state index < -0.39 is 25.1 Å². The highest BCUT2D eigenvalue weighted by Gasteiger charge is 2.37. The lowest BCUT2D eigenvalue weighted by molar-refractivity contribution is 0.587. The number of nitrogens with one attached hydrogen (secondary N) is 1. The average Bonchev–Trinajstić information content (AvgIpc) is 2.90. The number of rotatable bonds is 4. The molecule has 6 nitrogen and oxygen atoms in total. The van der Waals surface area contributed by atoms with E-state index in [1.165, 1.54) is 0 Å². The van der Waals surface area contributed by atoms with Gasteiger partial charge in [0.15, 0.2) is 9.84 Å². The van der Waals surface area contributed by atoms with Crippen LogP contribution in [0.5, 0.6) is 0 Å². The number of anilines is 2.